The molecule has 17 heavy (non-hydrogen) atoms. The number of allylic oxidation sites excluding steroid dienone is 1. The summed E-state index contributed by atoms with van der Waals surface area (Å²) in [5.41, 5.74) is 0. The molecule has 0 aliphatic rings. The third kappa shape index (κ3) is 2.84. The number of aliphatic hydroxyl groups is 1. The lowest BCUT2D eigenvalue weighted by Gasteiger charge is -2.11. The molecule has 1 atom stereocenters. The minimum absolute atomic E-state index is 0.617. The van der Waals surface area contributed by atoms with Gasteiger partial charge in [0, 0.05) is 23.8 Å². The molecule has 3 nitrogen and oxygen atoms in total. The summed E-state index contributed by atoms with van der Waals surface area (Å²) in [5, 5.41) is 12.2. The van der Waals surface area contributed by atoms with Crippen LogP contribution in [0.4, 0.5) is 0 Å². The van der Waals surface area contributed by atoms with Gasteiger partial charge in [0.05, 0.1) is 0 Å². The van der Waals surface area contributed by atoms with Gasteiger partial charge in [0.1, 0.15) is 11.9 Å². The van der Waals surface area contributed by atoms with Crippen LogP contribution in [0.25, 0.3) is 0 Å². The molecular formula is C13H16N2OS. The van der Waals surface area contributed by atoms with Crippen molar-refractivity contribution in [3.05, 3.63) is 53.3 Å². The smallest absolute Gasteiger partial charge is 0.146 e. The maximum atomic E-state index is 10.2. The van der Waals surface area contributed by atoms with Gasteiger partial charge in [-0.25, -0.2) is 4.98 Å². The molecule has 0 saturated heterocycles. The summed E-state index contributed by atoms with van der Waals surface area (Å²) in [4.78, 5) is 5.18. The van der Waals surface area contributed by atoms with Crippen molar-refractivity contribution in [1.29, 1.82) is 0 Å². The second-order valence-corrected chi connectivity index (χ2v) is 4.81. The van der Waals surface area contributed by atoms with E-state index in [1.807, 2.05) is 34.4 Å². The Hall–Kier alpha value is -1.39. The molecule has 0 fully saturated rings. The Morgan fingerprint density at radius 2 is 2.47 bits per heavy atom. The van der Waals surface area contributed by atoms with Crippen LogP contribution >= 0.6 is 11.3 Å². The van der Waals surface area contributed by atoms with E-state index in [1.165, 1.54) is 0 Å². The zero-order chi connectivity index (χ0) is 12.1. The lowest BCUT2D eigenvalue weighted by atomic mass is 10.2. The predicted octanol–water partition coefficient (Wildman–Crippen LogP) is 2.99. The second kappa shape index (κ2) is 5.80. The van der Waals surface area contributed by atoms with E-state index in [0.717, 1.165) is 30.1 Å². The predicted molar refractivity (Wildman–Crippen MR) is 70.0 cm³/mol. The molecule has 90 valence electrons. The summed E-state index contributed by atoms with van der Waals surface area (Å²) in [7, 11) is 0. The summed E-state index contributed by atoms with van der Waals surface area (Å²) in [5.74, 6) is 0.719. The van der Waals surface area contributed by atoms with Gasteiger partial charge in [-0.15, -0.1) is 17.9 Å². The van der Waals surface area contributed by atoms with Crippen molar-refractivity contribution < 1.29 is 5.11 Å². The largest absolute Gasteiger partial charge is 0.380 e. The Morgan fingerprint density at radius 1 is 1.59 bits per heavy atom. The summed E-state index contributed by atoms with van der Waals surface area (Å²) in [6.45, 7) is 4.57. The molecule has 4 heteroatoms. The van der Waals surface area contributed by atoms with Crippen LogP contribution < -0.4 is 0 Å². The highest BCUT2D eigenvalue weighted by Crippen LogP contribution is 2.24. The number of imidazole rings is 1. The van der Waals surface area contributed by atoms with Crippen molar-refractivity contribution in [2.24, 2.45) is 0 Å². The highest BCUT2D eigenvalue weighted by molar-refractivity contribution is 7.10. The van der Waals surface area contributed by atoms with E-state index in [9.17, 15) is 5.11 Å². The van der Waals surface area contributed by atoms with Crippen LogP contribution in [0, 0.1) is 0 Å². The van der Waals surface area contributed by atoms with Gasteiger partial charge in [-0.05, 0) is 24.3 Å². The molecule has 0 radical (unpaired) electrons. The minimum atomic E-state index is -0.617. The van der Waals surface area contributed by atoms with E-state index >= 15 is 0 Å². The number of aliphatic hydroxyl groups excluding tert-OH is 1. The molecule has 0 aliphatic heterocycles. The molecule has 0 spiro atoms. The topological polar surface area (TPSA) is 38.0 Å². The highest BCUT2D eigenvalue weighted by Gasteiger charge is 2.16. The Balaban J connectivity index is 2.10. The number of hydrogen-bond acceptors (Lipinski definition) is 3. The zero-order valence-electron chi connectivity index (χ0n) is 9.62. The minimum Gasteiger partial charge on any atom is -0.380 e. The molecule has 1 N–H and O–H groups in total. The molecule has 2 aromatic heterocycles. The third-order valence-electron chi connectivity index (χ3n) is 2.61. The average molecular weight is 248 g/mol. The van der Waals surface area contributed by atoms with Gasteiger partial charge in [-0.3, -0.25) is 0 Å². The quantitative estimate of drug-likeness (QED) is 0.630. The number of nitrogens with zero attached hydrogens (tertiary/aromatic N) is 2. The molecule has 0 aromatic carbocycles. The molecule has 0 saturated carbocycles. The fraction of sp³-hybridized carbons (Fsp3) is 0.308. The van der Waals surface area contributed by atoms with Crippen LogP contribution in [0.2, 0.25) is 0 Å². The molecule has 0 bridgehead atoms. The van der Waals surface area contributed by atoms with Gasteiger partial charge < -0.3 is 9.67 Å². The van der Waals surface area contributed by atoms with Crippen molar-refractivity contribution in [2.45, 2.75) is 25.5 Å². The molecule has 2 aromatic rings. The Morgan fingerprint density at radius 3 is 3.18 bits per heavy atom. The number of aromatic nitrogens is 2. The first-order valence-corrected chi connectivity index (χ1v) is 6.54. The lowest BCUT2D eigenvalue weighted by molar-refractivity contribution is 0.208. The Labute approximate surface area is 105 Å². The van der Waals surface area contributed by atoms with Gasteiger partial charge in [-0.1, -0.05) is 12.1 Å². The Bertz CT molecular complexity index is 461. The number of aryl methyl sites for hydroxylation is 1. The fourth-order valence-electron chi connectivity index (χ4n) is 1.74. The zero-order valence-corrected chi connectivity index (χ0v) is 10.4. The number of unbranched alkanes of at least 4 members (excludes halogenated alkanes) is 1. The normalized spacial score (nSPS) is 12.5. The summed E-state index contributed by atoms with van der Waals surface area (Å²) in [6.07, 6.45) is 6.94. The number of rotatable bonds is 6. The number of thiophene rings is 1. The van der Waals surface area contributed by atoms with Crippen molar-refractivity contribution in [1.82, 2.24) is 9.55 Å². The average Bonchev–Trinajstić information content (AvgIpc) is 3.00. The van der Waals surface area contributed by atoms with Crippen LogP contribution in [-0.4, -0.2) is 14.7 Å². The third-order valence-corrected chi connectivity index (χ3v) is 3.54. The number of hydrogen-bond donors (Lipinski definition) is 1. The summed E-state index contributed by atoms with van der Waals surface area (Å²) >= 11 is 1.55. The SMILES string of the molecule is C=CCCCn1ccnc1C(O)c1cccs1. The van der Waals surface area contributed by atoms with Crippen LogP contribution in [-0.2, 0) is 6.54 Å². The van der Waals surface area contributed by atoms with Crippen LogP contribution in [0.1, 0.15) is 29.6 Å². The van der Waals surface area contributed by atoms with Crippen LogP contribution in [0.5, 0.6) is 0 Å². The van der Waals surface area contributed by atoms with E-state index in [2.05, 4.69) is 11.6 Å². The van der Waals surface area contributed by atoms with E-state index in [-0.39, 0.29) is 0 Å². The maximum Gasteiger partial charge on any atom is 0.146 e. The van der Waals surface area contributed by atoms with Crippen LogP contribution in [0.15, 0.2) is 42.6 Å². The second-order valence-electron chi connectivity index (χ2n) is 3.83. The highest BCUT2D eigenvalue weighted by atomic mass is 32.1. The van der Waals surface area contributed by atoms with Crippen molar-refractivity contribution in [3.8, 4) is 0 Å². The van der Waals surface area contributed by atoms with Gasteiger partial charge in [0.15, 0.2) is 0 Å². The van der Waals surface area contributed by atoms with Crippen molar-refractivity contribution in [2.75, 3.05) is 0 Å². The van der Waals surface area contributed by atoms with Gasteiger partial charge in [-0.2, -0.15) is 0 Å². The molecule has 0 aliphatic carbocycles. The van der Waals surface area contributed by atoms with E-state index in [1.54, 1.807) is 17.5 Å². The first kappa shape index (κ1) is 12.1. The van der Waals surface area contributed by atoms with Crippen LogP contribution in [0.3, 0.4) is 0 Å². The van der Waals surface area contributed by atoms with E-state index in [4.69, 9.17) is 0 Å². The molecular weight excluding hydrogens is 232 g/mol. The molecule has 0 amide bonds. The van der Waals surface area contributed by atoms with Crippen molar-refractivity contribution >= 4 is 11.3 Å². The molecule has 1 unspecified atom stereocenters. The molecule has 2 heterocycles. The summed E-state index contributed by atoms with van der Waals surface area (Å²) < 4.78 is 2.01. The van der Waals surface area contributed by atoms with Crippen molar-refractivity contribution in [3.63, 3.8) is 0 Å². The Kier molecular flexibility index (Phi) is 4.12. The van der Waals surface area contributed by atoms with E-state index < -0.39 is 6.10 Å². The summed E-state index contributed by atoms with van der Waals surface area (Å²) in [6, 6.07) is 3.87. The maximum absolute atomic E-state index is 10.2. The first-order valence-electron chi connectivity index (χ1n) is 5.66. The monoisotopic (exact) mass is 248 g/mol. The fourth-order valence-corrected chi connectivity index (χ4v) is 2.44. The van der Waals surface area contributed by atoms with Gasteiger partial charge in [0.25, 0.3) is 0 Å². The first-order chi connectivity index (χ1) is 8.33. The van der Waals surface area contributed by atoms with E-state index in [0.29, 0.717) is 0 Å². The van der Waals surface area contributed by atoms with Gasteiger partial charge in [0.2, 0.25) is 0 Å². The van der Waals surface area contributed by atoms with Gasteiger partial charge >= 0.3 is 0 Å². The lowest BCUT2D eigenvalue weighted by Crippen LogP contribution is -2.08. The molecule has 2 rings (SSSR count). The standard InChI is InChI=1S/C13H16N2OS/c1-2-3-4-8-15-9-7-14-13(15)12(16)11-6-5-10-17-11/h2,5-7,9-10,12,16H,1,3-4,8H2.